The van der Waals surface area contributed by atoms with Gasteiger partial charge in [-0.15, -0.1) is 0 Å². The summed E-state index contributed by atoms with van der Waals surface area (Å²) in [6, 6.07) is 15.1. The summed E-state index contributed by atoms with van der Waals surface area (Å²) in [5, 5.41) is 14.4. The number of para-hydroxylation sites is 1. The molecule has 204 valence electrons. The first-order valence-corrected chi connectivity index (χ1v) is 12.8. The van der Waals surface area contributed by atoms with Gasteiger partial charge in [-0.3, -0.25) is 23.6 Å². The number of anilines is 1. The van der Waals surface area contributed by atoms with Gasteiger partial charge in [-0.05, 0) is 44.2 Å². The first kappa shape index (κ1) is 25.6. The van der Waals surface area contributed by atoms with Crippen LogP contribution >= 0.6 is 0 Å². The van der Waals surface area contributed by atoms with Crippen molar-refractivity contribution in [2.24, 2.45) is 7.05 Å². The Labute approximate surface area is 233 Å². The number of amides is 2. The molecule has 6 rings (SSSR count). The number of nitrogens with one attached hydrogen (secondary N) is 2. The molecule has 6 aromatic rings. The fourth-order valence-electron chi connectivity index (χ4n) is 4.80. The van der Waals surface area contributed by atoms with E-state index in [1.54, 1.807) is 80.4 Å². The number of aryl methyl sites for hydroxylation is 2. The van der Waals surface area contributed by atoms with E-state index in [0.29, 0.717) is 45.2 Å². The van der Waals surface area contributed by atoms with Crippen LogP contribution in [0.15, 0.2) is 84.2 Å². The van der Waals surface area contributed by atoms with Gasteiger partial charge in [0.25, 0.3) is 17.4 Å². The number of fused-ring (bicyclic) bond motifs is 2. The second-order valence-corrected chi connectivity index (χ2v) is 9.55. The second kappa shape index (κ2) is 10.2. The average Bonchev–Trinajstić information content (AvgIpc) is 3.55. The predicted molar refractivity (Wildman–Crippen MR) is 152 cm³/mol. The van der Waals surface area contributed by atoms with Crippen molar-refractivity contribution >= 4 is 34.1 Å². The molecule has 2 aromatic carbocycles. The van der Waals surface area contributed by atoms with Gasteiger partial charge in [0.1, 0.15) is 11.4 Å². The summed E-state index contributed by atoms with van der Waals surface area (Å²) in [5.74, 6) is -0.478. The Morgan fingerprint density at radius 1 is 1.00 bits per heavy atom. The van der Waals surface area contributed by atoms with E-state index in [4.69, 9.17) is 4.98 Å². The Kier molecular flexibility index (Phi) is 6.34. The van der Waals surface area contributed by atoms with E-state index >= 15 is 0 Å². The van der Waals surface area contributed by atoms with Gasteiger partial charge in [0.2, 0.25) is 0 Å². The minimum absolute atomic E-state index is 0.235. The molecule has 2 N–H and O–H groups in total. The monoisotopic (exact) mass is 547 g/mol. The van der Waals surface area contributed by atoms with Crippen molar-refractivity contribution in [3.05, 3.63) is 112 Å². The number of hydrogen-bond donors (Lipinski definition) is 2. The molecule has 0 aliphatic rings. The fourth-order valence-corrected chi connectivity index (χ4v) is 4.80. The van der Waals surface area contributed by atoms with Crippen LogP contribution in [0.2, 0.25) is 0 Å². The van der Waals surface area contributed by atoms with E-state index in [0.717, 1.165) is 0 Å². The molecule has 0 bridgehead atoms. The van der Waals surface area contributed by atoms with E-state index < -0.39 is 23.4 Å². The van der Waals surface area contributed by atoms with Gasteiger partial charge >= 0.3 is 0 Å². The summed E-state index contributed by atoms with van der Waals surface area (Å²) >= 11 is 0. The third-order valence-electron chi connectivity index (χ3n) is 6.69. The van der Waals surface area contributed by atoms with Gasteiger partial charge in [-0.1, -0.05) is 24.3 Å². The van der Waals surface area contributed by atoms with Crippen molar-refractivity contribution in [1.29, 1.82) is 0 Å². The van der Waals surface area contributed by atoms with E-state index in [1.807, 2.05) is 18.2 Å². The van der Waals surface area contributed by atoms with Gasteiger partial charge in [0.15, 0.2) is 5.65 Å². The number of hydrogen-bond acceptors (Lipinski definition) is 7. The standard InChI is InChI=1S/C29H25N9O3/c1-17-23(26-30-13-8-14-37(26)35-17)28(40)32-18(2)25-33-21-11-7-12-22(34-27(39)19-15-31-36(3)16-19)24(21)29(41)38(25)20-9-5-4-6-10-20/h4-16,18H,1-3H3,(H,32,40)(H,34,39)/t18-/m0/s1. The lowest BCUT2D eigenvalue weighted by Gasteiger charge is -2.20. The van der Waals surface area contributed by atoms with Crippen LogP contribution in [0.5, 0.6) is 0 Å². The van der Waals surface area contributed by atoms with Gasteiger partial charge in [0.05, 0.1) is 45.8 Å². The maximum Gasteiger partial charge on any atom is 0.268 e. The van der Waals surface area contributed by atoms with Crippen molar-refractivity contribution in [2.45, 2.75) is 19.9 Å². The van der Waals surface area contributed by atoms with Crippen molar-refractivity contribution in [3.8, 4) is 5.69 Å². The van der Waals surface area contributed by atoms with Gasteiger partial charge in [-0.25, -0.2) is 14.5 Å². The minimum atomic E-state index is -0.688. The normalized spacial score (nSPS) is 12.0. The Balaban J connectivity index is 1.45. The molecule has 0 saturated heterocycles. The molecule has 0 radical (unpaired) electrons. The summed E-state index contributed by atoms with van der Waals surface area (Å²) in [5.41, 5.74) is 2.49. The van der Waals surface area contributed by atoms with Crippen molar-refractivity contribution in [2.75, 3.05) is 5.32 Å². The number of rotatable bonds is 6. The quantitative estimate of drug-likeness (QED) is 0.326. The highest BCUT2D eigenvalue weighted by atomic mass is 16.2. The summed E-state index contributed by atoms with van der Waals surface area (Å²) in [7, 11) is 1.71. The lowest BCUT2D eigenvalue weighted by Crippen LogP contribution is -2.33. The Bertz CT molecular complexity index is 2010. The number of benzene rings is 2. The first-order chi connectivity index (χ1) is 19.8. The predicted octanol–water partition coefficient (Wildman–Crippen LogP) is 3.21. The SMILES string of the molecule is Cc1nn2cccnc2c1C(=O)N[C@@H](C)c1nc2cccc(NC(=O)c3cnn(C)c3)c2c(=O)n1-c1ccccc1. The molecule has 2 amide bonds. The molecule has 4 heterocycles. The second-order valence-electron chi connectivity index (χ2n) is 9.55. The van der Waals surface area contributed by atoms with Gasteiger partial charge < -0.3 is 10.6 Å². The lowest BCUT2D eigenvalue weighted by atomic mass is 10.1. The average molecular weight is 548 g/mol. The van der Waals surface area contributed by atoms with E-state index in [-0.39, 0.29) is 5.39 Å². The van der Waals surface area contributed by atoms with Crippen molar-refractivity contribution in [3.63, 3.8) is 0 Å². The number of nitrogens with zero attached hydrogens (tertiary/aromatic N) is 7. The van der Waals surface area contributed by atoms with Gasteiger partial charge in [0, 0.05) is 25.6 Å². The maximum absolute atomic E-state index is 14.2. The van der Waals surface area contributed by atoms with E-state index in [9.17, 15) is 14.4 Å². The first-order valence-electron chi connectivity index (χ1n) is 12.8. The fraction of sp³-hybridized carbons (Fsp3) is 0.138. The zero-order valence-electron chi connectivity index (χ0n) is 22.4. The molecule has 0 saturated carbocycles. The smallest absolute Gasteiger partial charge is 0.268 e. The highest BCUT2D eigenvalue weighted by Gasteiger charge is 2.25. The summed E-state index contributed by atoms with van der Waals surface area (Å²) < 4.78 is 4.52. The van der Waals surface area contributed by atoms with Crippen LogP contribution in [0.1, 0.15) is 45.2 Å². The molecule has 0 unspecified atom stereocenters. The van der Waals surface area contributed by atoms with Crippen LogP contribution in [0.25, 0.3) is 22.2 Å². The van der Waals surface area contributed by atoms with Crippen LogP contribution in [0.4, 0.5) is 5.69 Å². The molecule has 12 heteroatoms. The van der Waals surface area contributed by atoms with Gasteiger partial charge in [-0.2, -0.15) is 10.2 Å². The summed E-state index contributed by atoms with van der Waals surface area (Å²) in [6.07, 6.45) is 6.35. The Morgan fingerprint density at radius 3 is 2.56 bits per heavy atom. The molecule has 12 nitrogen and oxygen atoms in total. The molecule has 1 atom stereocenters. The Morgan fingerprint density at radius 2 is 1.80 bits per heavy atom. The highest BCUT2D eigenvalue weighted by molar-refractivity contribution is 6.08. The molecule has 0 spiro atoms. The van der Waals surface area contributed by atoms with Crippen LogP contribution in [-0.2, 0) is 7.05 Å². The van der Waals surface area contributed by atoms with E-state index in [2.05, 4.69) is 25.8 Å². The molecule has 0 aliphatic carbocycles. The largest absolute Gasteiger partial charge is 0.342 e. The summed E-state index contributed by atoms with van der Waals surface area (Å²) in [4.78, 5) is 49.7. The Hall–Kier alpha value is -5.65. The maximum atomic E-state index is 14.2. The van der Waals surface area contributed by atoms with Crippen LogP contribution in [-0.4, -0.2) is 45.7 Å². The zero-order chi connectivity index (χ0) is 28.7. The van der Waals surface area contributed by atoms with Crippen LogP contribution < -0.4 is 16.2 Å². The van der Waals surface area contributed by atoms with Crippen molar-refractivity contribution in [1.82, 2.24) is 39.2 Å². The summed E-state index contributed by atoms with van der Waals surface area (Å²) in [6.45, 7) is 3.50. The third-order valence-corrected chi connectivity index (χ3v) is 6.69. The molecular weight excluding hydrogens is 522 g/mol. The molecular formula is C29H25N9O3. The molecule has 41 heavy (non-hydrogen) atoms. The van der Waals surface area contributed by atoms with Crippen LogP contribution in [0, 0.1) is 6.92 Å². The zero-order valence-corrected chi connectivity index (χ0v) is 22.4. The molecule has 0 fully saturated rings. The lowest BCUT2D eigenvalue weighted by molar-refractivity contribution is 0.0938. The molecule has 4 aromatic heterocycles. The minimum Gasteiger partial charge on any atom is -0.342 e. The molecule has 0 aliphatic heterocycles. The van der Waals surface area contributed by atoms with Crippen molar-refractivity contribution < 1.29 is 9.59 Å². The van der Waals surface area contributed by atoms with E-state index in [1.165, 1.54) is 15.4 Å². The number of aromatic nitrogens is 7. The highest BCUT2D eigenvalue weighted by Crippen LogP contribution is 2.24. The number of carbonyl (C=O) groups is 2. The topological polar surface area (TPSA) is 141 Å². The third kappa shape index (κ3) is 4.61. The number of carbonyl (C=O) groups excluding carboxylic acids is 2. The van der Waals surface area contributed by atoms with Crippen LogP contribution in [0.3, 0.4) is 0 Å².